The van der Waals surface area contributed by atoms with Crippen LogP contribution in [0.5, 0.6) is 5.75 Å². The van der Waals surface area contributed by atoms with Crippen molar-refractivity contribution in [3.05, 3.63) is 59.9 Å². The molecule has 4 heteroatoms. The molecule has 0 saturated carbocycles. The van der Waals surface area contributed by atoms with Crippen molar-refractivity contribution in [2.75, 3.05) is 19.7 Å². The molecule has 1 aliphatic heterocycles. The molecule has 2 aromatic rings. The van der Waals surface area contributed by atoms with Crippen LogP contribution in [0.15, 0.2) is 48.7 Å². The lowest BCUT2D eigenvalue weighted by atomic mass is 9.74. The van der Waals surface area contributed by atoms with Gasteiger partial charge in [-0.3, -0.25) is 4.79 Å². The lowest BCUT2D eigenvalue weighted by Gasteiger charge is -2.39. The van der Waals surface area contributed by atoms with E-state index in [1.807, 2.05) is 17.0 Å². The van der Waals surface area contributed by atoms with Gasteiger partial charge in [0.1, 0.15) is 11.4 Å². The number of pyridine rings is 1. The summed E-state index contributed by atoms with van der Waals surface area (Å²) < 4.78 is 5.64. The lowest BCUT2D eigenvalue weighted by Crippen LogP contribution is -2.44. The van der Waals surface area contributed by atoms with E-state index in [1.165, 1.54) is 5.56 Å². The van der Waals surface area contributed by atoms with Crippen LogP contribution in [0.3, 0.4) is 0 Å². The summed E-state index contributed by atoms with van der Waals surface area (Å²) in [5.41, 5.74) is 1.99. The highest BCUT2D eigenvalue weighted by Crippen LogP contribution is 2.35. The Morgan fingerprint density at radius 2 is 1.85 bits per heavy atom. The third kappa shape index (κ3) is 4.24. The predicted molar refractivity (Wildman–Crippen MR) is 104 cm³/mol. The normalized spacial score (nSPS) is 16.5. The number of hydrogen-bond donors (Lipinski definition) is 0. The average Bonchev–Trinajstić information content (AvgIpc) is 2.67. The van der Waals surface area contributed by atoms with Crippen LogP contribution in [-0.4, -0.2) is 35.5 Å². The van der Waals surface area contributed by atoms with Crippen molar-refractivity contribution in [2.45, 2.75) is 39.0 Å². The summed E-state index contributed by atoms with van der Waals surface area (Å²) in [5, 5.41) is 0. The van der Waals surface area contributed by atoms with Crippen molar-refractivity contribution < 1.29 is 9.53 Å². The van der Waals surface area contributed by atoms with Gasteiger partial charge in [-0.1, -0.05) is 51.1 Å². The number of ether oxygens (including phenoxy) is 1. The number of hydrogen-bond acceptors (Lipinski definition) is 3. The van der Waals surface area contributed by atoms with Crippen molar-refractivity contribution >= 4 is 5.91 Å². The van der Waals surface area contributed by atoms with E-state index >= 15 is 0 Å². The molecular weight excluding hydrogens is 324 g/mol. The summed E-state index contributed by atoms with van der Waals surface area (Å²) in [7, 11) is 0. The number of likely N-dealkylation sites (tertiary alicyclic amines) is 1. The van der Waals surface area contributed by atoms with Gasteiger partial charge in [0.15, 0.2) is 0 Å². The number of piperidine rings is 1. The van der Waals surface area contributed by atoms with Crippen LogP contribution in [0.4, 0.5) is 0 Å². The minimum absolute atomic E-state index is 0.00974. The number of benzene rings is 1. The molecule has 3 rings (SSSR count). The molecule has 1 amide bonds. The molecule has 1 aliphatic rings. The van der Waals surface area contributed by atoms with Gasteiger partial charge in [-0.15, -0.1) is 0 Å². The molecule has 1 fully saturated rings. The van der Waals surface area contributed by atoms with Crippen LogP contribution in [0.2, 0.25) is 0 Å². The van der Waals surface area contributed by atoms with E-state index in [0.717, 1.165) is 25.9 Å². The molecule has 0 N–H and O–H groups in total. The van der Waals surface area contributed by atoms with E-state index in [9.17, 15) is 4.79 Å². The monoisotopic (exact) mass is 352 g/mol. The Kier molecular flexibility index (Phi) is 5.60. The van der Waals surface area contributed by atoms with Crippen molar-refractivity contribution in [3.63, 3.8) is 0 Å². The van der Waals surface area contributed by atoms with E-state index in [4.69, 9.17) is 4.74 Å². The maximum absolute atomic E-state index is 12.7. The number of carbonyl (C=O) groups excluding carboxylic acids is 1. The Morgan fingerprint density at radius 3 is 2.42 bits per heavy atom. The first-order chi connectivity index (χ1) is 12.5. The van der Waals surface area contributed by atoms with Crippen LogP contribution in [0.1, 0.15) is 49.7 Å². The summed E-state index contributed by atoms with van der Waals surface area (Å²) in [4.78, 5) is 19.0. The highest BCUT2D eigenvalue weighted by atomic mass is 16.5. The van der Waals surface area contributed by atoms with E-state index in [-0.39, 0.29) is 11.3 Å². The second-order valence-electron chi connectivity index (χ2n) is 7.80. The lowest BCUT2D eigenvalue weighted by molar-refractivity contribution is 0.0670. The van der Waals surface area contributed by atoms with Crippen LogP contribution in [0, 0.1) is 5.92 Å². The molecule has 0 unspecified atom stereocenters. The maximum Gasteiger partial charge on any atom is 0.272 e. The molecule has 0 atom stereocenters. The third-order valence-electron chi connectivity index (χ3n) is 5.16. The fraction of sp³-hybridized carbons (Fsp3) is 0.455. The first kappa shape index (κ1) is 18.4. The van der Waals surface area contributed by atoms with Gasteiger partial charge in [-0.25, -0.2) is 4.98 Å². The fourth-order valence-electron chi connectivity index (χ4n) is 3.35. The zero-order valence-electron chi connectivity index (χ0n) is 15.9. The molecular formula is C22H28N2O2. The largest absolute Gasteiger partial charge is 0.492 e. The molecule has 1 aromatic carbocycles. The zero-order valence-corrected chi connectivity index (χ0v) is 15.9. The van der Waals surface area contributed by atoms with Crippen LogP contribution < -0.4 is 4.74 Å². The summed E-state index contributed by atoms with van der Waals surface area (Å²) in [5.74, 6) is 1.18. The summed E-state index contributed by atoms with van der Waals surface area (Å²) in [6.45, 7) is 8.67. The molecule has 26 heavy (non-hydrogen) atoms. The smallest absolute Gasteiger partial charge is 0.272 e. The summed E-state index contributed by atoms with van der Waals surface area (Å²) in [6.07, 6.45) is 3.59. The standard InChI is InChI=1S/C22H28N2O2/c1-17(2)16-26-19-9-10-20(23-15-19)21(25)24-13-11-22(3,12-14-24)18-7-5-4-6-8-18/h4-10,15,17H,11-14,16H2,1-3H3. The number of amides is 1. The van der Waals surface area contributed by atoms with Crippen molar-refractivity contribution in [1.82, 2.24) is 9.88 Å². The average molecular weight is 352 g/mol. The van der Waals surface area contributed by atoms with Crippen molar-refractivity contribution in [3.8, 4) is 5.75 Å². The number of rotatable bonds is 5. The summed E-state index contributed by atoms with van der Waals surface area (Å²) >= 11 is 0. The zero-order chi connectivity index (χ0) is 18.6. The quantitative estimate of drug-likeness (QED) is 0.805. The van der Waals surface area contributed by atoms with E-state index < -0.39 is 0 Å². The topological polar surface area (TPSA) is 42.4 Å². The van der Waals surface area contributed by atoms with Crippen LogP contribution >= 0.6 is 0 Å². The molecule has 0 spiro atoms. The van der Waals surface area contributed by atoms with Gasteiger partial charge < -0.3 is 9.64 Å². The SMILES string of the molecule is CC(C)COc1ccc(C(=O)N2CCC(C)(c3ccccc3)CC2)nc1. The Labute approximate surface area is 156 Å². The molecule has 4 nitrogen and oxygen atoms in total. The Morgan fingerprint density at radius 1 is 1.15 bits per heavy atom. The van der Waals surface area contributed by atoms with Gasteiger partial charge in [0.25, 0.3) is 5.91 Å². The molecule has 0 radical (unpaired) electrons. The Hall–Kier alpha value is -2.36. The molecule has 1 saturated heterocycles. The van der Waals surface area contributed by atoms with Crippen molar-refractivity contribution in [1.29, 1.82) is 0 Å². The first-order valence-electron chi connectivity index (χ1n) is 9.41. The van der Waals surface area contributed by atoms with E-state index in [1.54, 1.807) is 12.3 Å². The van der Waals surface area contributed by atoms with E-state index in [0.29, 0.717) is 24.0 Å². The molecule has 1 aromatic heterocycles. The second kappa shape index (κ2) is 7.90. The number of nitrogens with zero attached hydrogens (tertiary/aromatic N) is 2. The Balaban J connectivity index is 1.60. The fourth-order valence-corrected chi connectivity index (χ4v) is 3.35. The van der Waals surface area contributed by atoms with Gasteiger partial charge in [0.2, 0.25) is 0 Å². The van der Waals surface area contributed by atoms with Gasteiger partial charge in [-0.2, -0.15) is 0 Å². The van der Waals surface area contributed by atoms with Gasteiger partial charge >= 0.3 is 0 Å². The predicted octanol–water partition coefficient (Wildman–Crippen LogP) is 4.31. The number of aromatic nitrogens is 1. The minimum atomic E-state index is 0.00974. The molecule has 0 aliphatic carbocycles. The molecule has 2 heterocycles. The summed E-state index contributed by atoms with van der Waals surface area (Å²) in [6, 6.07) is 14.2. The van der Waals surface area contributed by atoms with Gasteiger partial charge in [0.05, 0.1) is 12.8 Å². The van der Waals surface area contributed by atoms with Crippen LogP contribution in [-0.2, 0) is 5.41 Å². The van der Waals surface area contributed by atoms with Gasteiger partial charge in [-0.05, 0) is 41.9 Å². The molecule has 138 valence electrons. The third-order valence-corrected chi connectivity index (χ3v) is 5.16. The highest BCUT2D eigenvalue weighted by Gasteiger charge is 2.33. The maximum atomic E-state index is 12.7. The number of carbonyl (C=O) groups is 1. The Bertz CT molecular complexity index is 718. The van der Waals surface area contributed by atoms with Gasteiger partial charge in [0, 0.05) is 13.1 Å². The highest BCUT2D eigenvalue weighted by molar-refractivity contribution is 5.92. The van der Waals surface area contributed by atoms with E-state index in [2.05, 4.69) is 50.0 Å². The molecule has 0 bridgehead atoms. The second-order valence-corrected chi connectivity index (χ2v) is 7.80. The van der Waals surface area contributed by atoms with Crippen molar-refractivity contribution in [2.24, 2.45) is 5.92 Å². The first-order valence-corrected chi connectivity index (χ1v) is 9.41. The minimum Gasteiger partial charge on any atom is -0.492 e. The van der Waals surface area contributed by atoms with Crippen LogP contribution in [0.25, 0.3) is 0 Å².